The molecular formula is C14H22N4. The Hall–Kier alpha value is -1.71. The van der Waals surface area contributed by atoms with Crippen molar-refractivity contribution in [1.82, 2.24) is 5.32 Å². The lowest BCUT2D eigenvalue weighted by Gasteiger charge is -2.29. The first kappa shape index (κ1) is 12.7. The molecule has 1 atom stereocenters. The highest BCUT2D eigenvalue weighted by molar-refractivity contribution is 5.74. The van der Waals surface area contributed by atoms with E-state index >= 15 is 0 Å². The minimum absolute atomic E-state index is 0.0513. The predicted molar refractivity (Wildman–Crippen MR) is 76.0 cm³/mol. The van der Waals surface area contributed by atoms with Crippen molar-refractivity contribution in [3.8, 4) is 0 Å². The molecule has 0 spiro atoms. The fourth-order valence-electron chi connectivity index (χ4n) is 2.58. The number of rotatable bonds is 4. The number of para-hydroxylation sites is 1. The number of benzene rings is 1. The van der Waals surface area contributed by atoms with Gasteiger partial charge in [-0.3, -0.25) is 5.41 Å². The van der Waals surface area contributed by atoms with Gasteiger partial charge in [0.1, 0.15) is 0 Å². The number of anilines is 1. The van der Waals surface area contributed by atoms with Crippen LogP contribution in [0.3, 0.4) is 0 Å². The number of guanidine groups is 1. The summed E-state index contributed by atoms with van der Waals surface area (Å²) in [5.74, 6) is 0.673. The van der Waals surface area contributed by atoms with E-state index in [0.29, 0.717) is 12.0 Å². The third-order valence-corrected chi connectivity index (χ3v) is 3.29. The van der Waals surface area contributed by atoms with Crippen molar-refractivity contribution >= 4 is 11.6 Å². The SMILES string of the molecule is CC(C)CN1c2ccccc2CC1CNC(=N)N. The summed E-state index contributed by atoms with van der Waals surface area (Å²) in [7, 11) is 0. The summed E-state index contributed by atoms with van der Waals surface area (Å²) in [6.45, 7) is 6.24. The van der Waals surface area contributed by atoms with Crippen molar-refractivity contribution in [3.63, 3.8) is 0 Å². The van der Waals surface area contributed by atoms with Gasteiger partial charge in [-0.15, -0.1) is 0 Å². The van der Waals surface area contributed by atoms with Crippen LogP contribution >= 0.6 is 0 Å². The maximum Gasteiger partial charge on any atom is 0.185 e. The van der Waals surface area contributed by atoms with Gasteiger partial charge in [0.05, 0.1) is 6.04 Å². The largest absolute Gasteiger partial charge is 0.370 e. The lowest BCUT2D eigenvalue weighted by Crippen LogP contribution is -2.45. The van der Waals surface area contributed by atoms with Crippen LogP contribution in [0, 0.1) is 11.3 Å². The summed E-state index contributed by atoms with van der Waals surface area (Å²) in [6, 6.07) is 8.95. The second-order valence-electron chi connectivity index (χ2n) is 5.33. The second kappa shape index (κ2) is 5.29. The van der Waals surface area contributed by atoms with Crippen molar-refractivity contribution in [2.75, 3.05) is 18.0 Å². The van der Waals surface area contributed by atoms with Crippen LogP contribution in [-0.2, 0) is 6.42 Å². The van der Waals surface area contributed by atoms with E-state index in [1.54, 1.807) is 0 Å². The molecule has 1 heterocycles. The molecule has 0 aliphatic carbocycles. The zero-order valence-electron chi connectivity index (χ0n) is 11.1. The summed E-state index contributed by atoms with van der Waals surface area (Å²) in [5.41, 5.74) is 8.11. The van der Waals surface area contributed by atoms with E-state index in [1.165, 1.54) is 11.3 Å². The van der Waals surface area contributed by atoms with E-state index in [0.717, 1.165) is 19.5 Å². The monoisotopic (exact) mass is 246 g/mol. The van der Waals surface area contributed by atoms with Gasteiger partial charge >= 0.3 is 0 Å². The fraction of sp³-hybridized carbons (Fsp3) is 0.500. The molecule has 0 saturated carbocycles. The van der Waals surface area contributed by atoms with Crippen LogP contribution in [0.2, 0.25) is 0 Å². The Balaban J connectivity index is 2.14. The molecule has 0 bridgehead atoms. The predicted octanol–water partition coefficient (Wildman–Crippen LogP) is 1.56. The quantitative estimate of drug-likeness (QED) is 0.558. The van der Waals surface area contributed by atoms with Gasteiger partial charge in [0.2, 0.25) is 0 Å². The number of hydrogen-bond acceptors (Lipinski definition) is 2. The fourth-order valence-corrected chi connectivity index (χ4v) is 2.58. The van der Waals surface area contributed by atoms with Gasteiger partial charge in [-0.25, -0.2) is 0 Å². The first-order chi connectivity index (χ1) is 8.58. The molecule has 4 N–H and O–H groups in total. The van der Waals surface area contributed by atoms with E-state index in [2.05, 4.69) is 48.3 Å². The van der Waals surface area contributed by atoms with Gasteiger partial charge in [-0.2, -0.15) is 0 Å². The molecule has 0 amide bonds. The van der Waals surface area contributed by atoms with Gasteiger partial charge in [-0.1, -0.05) is 32.0 Å². The molecule has 0 aromatic heterocycles. The Morgan fingerprint density at radius 1 is 1.50 bits per heavy atom. The Labute approximate surface area is 109 Å². The minimum atomic E-state index is 0.0513. The number of nitrogens with one attached hydrogen (secondary N) is 2. The number of fused-ring (bicyclic) bond motifs is 1. The summed E-state index contributed by atoms with van der Waals surface area (Å²) >= 11 is 0. The maximum atomic E-state index is 7.27. The third kappa shape index (κ3) is 2.75. The minimum Gasteiger partial charge on any atom is -0.370 e. The normalized spacial score (nSPS) is 17.9. The highest BCUT2D eigenvalue weighted by Crippen LogP contribution is 2.32. The summed E-state index contributed by atoms with van der Waals surface area (Å²) in [5, 5.41) is 10.2. The molecule has 4 nitrogen and oxygen atoms in total. The summed E-state index contributed by atoms with van der Waals surface area (Å²) in [4.78, 5) is 2.44. The van der Waals surface area contributed by atoms with Gasteiger partial charge in [-0.05, 0) is 24.0 Å². The molecule has 1 aromatic carbocycles. The van der Waals surface area contributed by atoms with Crippen LogP contribution in [0.15, 0.2) is 24.3 Å². The van der Waals surface area contributed by atoms with Crippen molar-refractivity contribution in [2.45, 2.75) is 26.3 Å². The van der Waals surface area contributed by atoms with Gasteiger partial charge < -0.3 is 16.0 Å². The highest BCUT2D eigenvalue weighted by Gasteiger charge is 2.28. The van der Waals surface area contributed by atoms with Gasteiger partial charge in [0.15, 0.2) is 5.96 Å². The van der Waals surface area contributed by atoms with E-state index in [1.807, 2.05) is 0 Å². The molecule has 0 fully saturated rings. The van der Waals surface area contributed by atoms with Crippen LogP contribution in [0.5, 0.6) is 0 Å². The Morgan fingerprint density at radius 3 is 2.89 bits per heavy atom. The Morgan fingerprint density at radius 2 is 2.22 bits per heavy atom. The second-order valence-corrected chi connectivity index (χ2v) is 5.33. The smallest absolute Gasteiger partial charge is 0.185 e. The zero-order valence-corrected chi connectivity index (χ0v) is 11.1. The van der Waals surface area contributed by atoms with Crippen LogP contribution in [0.25, 0.3) is 0 Å². The average Bonchev–Trinajstić information content (AvgIpc) is 2.64. The first-order valence-corrected chi connectivity index (χ1v) is 6.50. The third-order valence-electron chi connectivity index (χ3n) is 3.29. The average molecular weight is 246 g/mol. The lowest BCUT2D eigenvalue weighted by molar-refractivity contribution is 0.540. The first-order valence-electron chi connectivity index (χ1n) is 6.50. The molecule has 1 aromatic rings. The summed E-state index contributed by atoms with van der Waals surface area (Å²) < 4.78 is 0. The van der Waals surface area contributed by atoms with Crippen LogP contribution in [0.1, 0.15) is 19.4 Å². The van der Waals surface area contributed by atoms with Crippen molar-refractivity contribution < 1.29 is 0 Å². The maximum absolute atomic E-state index is 7.27. The molecule has 0 saturated heterocycles. The van der Waals surface area contributed by atoms with E-state index in [9.17, 15) is 0 Å². The molecule has 18 heavy (non-hydrogen) atoms. The Kier molecular flexibility index (Phi) is 3.75. The highest BCUT2D eigenvalue weighted by atomic mass is 15.2. The van der Waals surface area contributed by atoms with Crippen LogP contribution < -0.4 is 16.0 Å². The van der Waals surface area contributed by atoms with E-state index < -0.39 is 0 Å². The molecule has 0 radical (unpaired) electrons. The standard InChI is InChI=1S/C14H22N4/c1-10(2)9-18-12(8-17-14(15)16)7-11-5-3-4-6-13(11)18/h3-6,10,12H,7-9H2,1-2H3,(H4,15,16,17). The number of nitrogens with zero attached hydrogens (tertiary/aromatic N) is 1. The Bertz CT molecular complexity index is 428. The molecular weight excluding hydrogens is 224 g/mol. The lowest BCUT2D eigenvalue weighted by atomic mass is 10.1. The number of hydrogen-bond donors (Lipinski definition) is 3. The van der Waals surface area contributed by atoms with Crippen molar-refractivity contribution in [3.05, 3.63) is 29.8 Å². The van der Waals surface area contributed by atoms with Crippen LogP contribution in [0.4, 0.5) is 5.69 Å². The van der Waals surface area contributed by atoms with Gasteiger partial charge in [0.25, 0.3) is 0 Å². The molecule has 1 unspecified atom stereocenters. The zero-order chi connectivity index (χ0) is 13.1. The van der Waals surface area contributed by atoms with E-state index in [-0.39, 0.29) is 5.96 Å². The number of nitrogens with two attached hydrogens (primary N) is 1. The van der Waals surface area contributed by atoms with Crippen molar-refractivity contribution in [2.24, 2.45) is 11.7 Å². The molecule has 1 aliphatic rings. The van der Waals surface area contributed by atoms with Gasteiger partial charge in [0, 0.05) is 18.8 Å². The molecule has 4 heteroatoms. The van der Waals surface area contributed by atoms with Crippen molar-refractivity contribution in [1.29, 1.82) is 5.41 Å². The molecule has 2 rings (SSSR count). The van der Waals surface area contributed by atoms with Crippen LogP contribution in [-0.4, -0.2) is 25.1 Å². The molecule has 1 aliphatic heterocycles. The summed E-state index contributed by atoms with van der Waals surface area (Å²) in [6.07, 6.45) is 1.03. The topological polar surface area (TPSA) is 65.1 Å². The molecule has 98 valence electrons. The van der Waals surface area contributed by atoms with E-state index in [4.69, 9.17) is 11.1 Å².